The van der Waals surface area contributed by atoms with Crippen molar-refractivity contribution in [2.24, 2.45) is 0 Å². The standard InChI is InChI=1S/C22H21N3O6/c1-13-5-8-19(29-2)18(9-13)25-20(26)15(11-23)12-24-17-10-14(21(27)30-3)6-7-16(17)22(28)31-4/h5-10,12,24H,1-4H3,(H,25,26)/b15-12-. The van der Waals surface area contributed by atoms with Gasteiger partial charge in [0.05, 0.1) is 43.8 Å². The first kappa shape index (κ1) is 23.0. The zero-order valence-electron chi connectivity index (χ0n) is 17.4. The van der Waals surface area contributed by atoms with Crippen molar-refractivity contribution in [3.05, 3.63) is 64.9 Å². The number of nitrogens with zero attached hydrogens (tertiary/aromatic N) is 1. The first-order valence-corrected chi connectivity index (χ1v) is 8.98. The summed E-state index contributed by atoms with van der Waals surface area (Å²) in [5, 5.41) is 14.8. The molecule has 2 aromatic carbocycles. The van der Waals surface area contributed by atoms with Crippen molar-refractivity contribution in [2.75, 3.05) is 32.0 Å². The van der Waals surface area contributed by atoms with Gasteiger partial charge in [-0.3, -0.25) is 4.79 Å². The molecule has 0 bridgehead atoms. The van der Waals surface area contributed by atoms with Crippen LogP contribution in [0.3, 0.4) is 0 Å². The quantitative estimate of drug-likeness (QED) is 0.395. The Labute approximate surface area is 179 Å². The van der Waals surface area contributed by atoms with Gasteiger partial charge in [0, 0.05) is 6.20 Å². The van der Waals surface area contributed by atoms with Gasteiger partial charge in [-0.25, -0.2) is 9.59 Å². The van der Waals surface area contributed by atoms with Crippen LogP contribution in [0.2, 0.25) is 0 Å². The summed E-state index contributed by atoms with van der Waals surface area (Å²) in [4.78, 5) is 36.4. The van der Waals surface area contributed by atoms with Gasteiger partial charge in [-0.15, -0.1) is 0 Å². The van der Waals surface area contributed by atoms with Crippen LogP contribution in [0.4, 0.5) is 11.4 Å². The summed E-state index contributed by atoms with van der Waals surface area (Å²) in [5.41, 5.74) is 1.44. The first-order chi connectivity index (χ1) is 14.8. The highest BCUT2D eigenvalue weighted by Crippen LogP contribution is 2.26. The zero-order valence-corrected chi connectivity index (χ0v) is 17.4. The van der Waals surface area contributed by atoms with Gasteiger partial charge in [-0.05, 0) is 42.8 Å². The Morgan fingerprint density at radius 1 is 0.968 bits per heavy atom. The number of nitrogens with one attached hydrogen (secondary N) is 2. The van der Waals surface area contributed by atoms with E-state index in [0.717, 1.165) is 11.8 Å². The monoisotopic (exact) mass is 423 g/mol. The molecule has 2 N–H and O–H groups in total. The van der Waals surface area contributed by atoms with E-state index in [1.807, 2.05) is 13.0 Å². The number of benzene rings is 2. The minimum absolute atomic E-state index is 0.101. The maximum atomic E-state index is 12.6. The molecule has 2 aromatic rings. The highest BCUT2D eigenvalue weighted by Gasteiger charge is 2.17. The van der Waals surface area contributed by atoms with Gasteiger partial charge in [-0.2, -0.15) is 5.26 Å². The fourth-order valence-corrected chi connectivity index (χ4v) is 2.60. The molecule has 0 spiro atoms. The molecule has 0 aliphatic heterocycles. The fraction of sp³-hybridized carbons (Fsp3) is 0.182. The molecule has 0 unspecified atom stereocenters. The zero-order chi connectivity index (χ0) is 23.0. The van der Waals surface area contributed by atoms with Crippen LogP contribution >= 0.6 is 0 Å². The number of aryl methyl sites for hydroxylation is 1. The number of nitriles is 1. The minimum Gasteiger partial charge on any atom is -0.495 e. The van der Waals surface area contributed by atoms with Crippen molar-refractivity contribution in [1.82, 2.24) is 0 Å². The van der Waals surface area contributed by atoms with Crippen LogP contribution < -0.4 is 15.4 Å². The van der Waals surface area contributed by atoms with Gasteiger partial charge >= 0.3 is 11.9 Å². The number of carbonyl (C=O) groups excluding carboxylic acids is 3. The predicted molar refractivity (Wildman–Crippen MR) is 113 cm³/mol. The van der Waals surface area contributed by atoms with Crippen LogP contribution in [0.5, 0.6) is 5.75 Å². The Morgan fingerprint density at radius 3 is 2.29 bits per heavy atom. The largest absolute Gasteiger partial charge is 0.495 e. The second-order valence-corrected chi connectivity index (χ2v) is 6.22. The fourth-order valence-electron chi connectivity index (χ4n) is 2.60. The molecule has 0 fully saturated rings. The molecule has 0 radical (unpaired) electrons. The summed E-state index contributed by atoms with van der Waals surface area (Å²) in [6, 6.07) is 11.1. The number of hydrogen-bond donors (Lipinski definition) is 2. The lowest BCUT2D eigenvalue weighted by molar-refractivity contribution is -0.112. The van der Waals surface area contributed by atoms with Crippen molar-refractivity contribution in [3.63, 3.8) is 0 Å². The molecule has 0 saturated carbocycles. The third-order valence-corrected chi connectivity index (χ3v) is 4.19. The molecule has 9 nitrogen and oxygen atoms in total. The molecular formula is C22H21N3O6. The number of amides is 1. The number of carbonyl (C=O) groups is 3. The Balaban J connectivity index is 2.34. The summed E-state index contributed by atoms with van der Waals surface area (Å²) in [5.74, 6) is -1.54. The molecule has 160 valence electrons. The summed E-state index contributed by atoms with van der Waals surface area (Å²) >= 11 is 0. The normalized spacial score (nSPS) is 10.5. The van der Waals surface area contributed by atoms with Gasteiger partial charge in [0.2, 0.25) is 0 Å². The molecule has 0 aromatic heterocycles. The number of hydrogen-bond acceptors (Lipinski definition) is 8. The highest BCUT2D eigenvalue weighted by molar-refractivity contribution is 6.07. The predicted octanol–water partition coefficient (Wildman–Crippen LogP) is 3.03. The number of anilines is 2. The number of esters is 2. The van der Waals surface area contributed by atoms with Crippen LogP contribution in [0.1, 0.15) is 26.3 Å². The lowest BCUT2D eigenvalue weighted by Gasteiger charge is -2.12. The molecule has 9 heteroatoms. The maximum absolute atomic E-state index is 12.6. The van der Waals surface area contributed by atoms with Crippen molar-refractivity contribution >= 4 is 29.2 Å². The lowest BCUT2D eigenvalue weighted by atomic mass is 10.1. The van der Waals surface area contributed by atoms with Gasteiger partial charge in [0.1, 0.15) is 17.4 Å². The average Bonchev–Trinajstić information content (AvgIpc) is 2.78. The van der Waals surface area contributed by atoms with Crippen molar-refractivity contribution in [2.45, 2.75) is 6.92 Å². The van der Waals surface area contributed by atoms with Gasteiger partial charge < -0.3 is 24.8 Å². The Morgan fingerprint density at radius 2 is 1.68 bits per heavy atom. The summed E-state index contributed by atoms with van der Waals surface area (Å²) < 4.78 is 14.6. The molecular weight excluding hydrogens is 402 g/mol. The molecule has 0 heterocycles. The summed E-state index contributed by atoms with van der Waals surface area (Å²) in [6.07, 6.45) is 1.13. The SMILES string of the molecule is COC(=O)c1ccc(C(=O)OC)c(N/C=C(/C#N)C(=O)Nc2cc(C)ccc2OC)c1. The number of rotatable bonds is 7. The topological polar surface area (TPSA) is 127 Å². The molecule has 2 rings (SSSR count). The van der Waals surface area contributed by atoms with E-state index in [0.29, 0.717) is 11.4 Å². The van der Waals surface area contributed by atoms with E-state index < -0.39 is 17.8 Å². The van der Waals surface area contributed by atoms with Crippen LogP contribution in [0, 0.1) is 18.3 Å². The van der Waals surface area contributed by atoms with E-state index in [9.17, 15) is 19.6 Å². The van der Waals surface area contributed by atoms with Crippen molar-refractivity contribution in [1.29, 1.82) is 5.26 Å². The Hall–Kier alpha value is -4.32. The third-order valence-electron chi connectivity index (χ3n) is 4.19. The van der Waals surface area contributed by atoms with Crippen molar-refractivity contribution < 1.29 is 28.6 Å². The highest BCUT2D eigenvalue weighted by atomic mass is 16.5. The van der Waals surface area contributed by atoms with Gasteiger partial charge in [-0.1, -0.05) is 6.07 Å². The van der Waals surface area contributed by atoms with E-state index in [1.165, 1.54) is 39.5 Å². The van der Waals surface area contributed by atoms with Gasteiger partial charge in [0.15, 0.2) is 0 Å². The lowest BCUT2D eigenvalue weighted by Crippen LogP contribution is -2.16. The molecule has 0 aliphatic carbocycles. The number of methoxy groups -OCH3 is 3. The van der Waals surface area contributed by atoms with E-state index in [4.69, 9.17) is 9.47 Å². The van der Waals surface area contributed by atoms with E-state index in [2.05, 4.69) is 15.4 Å². The second-order valence-electron chi connectivity index (χ2n) is 6.22. The summed E-state index contributed by atoms with van der Waals surface area (Å²) in [7, 11) is 3.90. The van der Waals surface area contributed by atoms with Crippen LogP contribution in [0.25, 0.3) is 0 Å². The van der Waals surface area contributed by atoms with E-state index >= 15 is 0 Å². The van der Waals surface area contributed by atoms with E-state index in [-0.39, 0.29) is 22.4 Å². The molecule has 1 amide bonds. The molecule has 31 heavy (non-hydrogen) atoms. The Kier molecular flexibility index (Phi) is 7.74. The molecule has 0 saturated heterocycles. The smallest absolute Gasteiger partial charge is 0.339 e. The third kappa shape index (κ3) is 5.61. The average molecular weight is 423 g/mol. The number of ether oxygens (including phenoxy) is 3. The van der Waals surface area contributed by atoms with Crippen LogP contribution in [-0.4, -0.2) is 39.2 Å². The van der Waals surface area contributed by atoms with Crippen molar-refractivity contribution in [3.8, 4) is 11.8 Å². The minimum atomic E-state index is -0.692. The van der Waals surface area contributed by atoms with Crippen LogP contribution in [0.15, 0.2) is 48.2 Å². The Bertz CT molecular complexity index is 1090. The van der Waals surface area contributed by atoms with Gasteiger partial charge in [0.25, 0.3) is 5.91 Å². The molecule has 0 atom stereocenters. The second kappa shape index (κ2) is 10.5. The van der Waals surface area contributed by atoms with Crippen LogP contribution in [-0.2, 0) is 14.3 Å². The summed E-state index contributed by atoms with van der Waals surface area (Å²) in [6.45, 7) is 1.85. The van der Waals surface area contributed by atoms with E-state index in [1.54, 1.807) is 18.2 Å². The first-order valence-electron chi connectivity index (χ1n) is 8.98. The maximum Gasteiger partial charge on any atom is 0.339 e. The molecule has 0 aliphatic rings.